The van der Waals surface area contributed by atoms with Crippen molar-refractivity contribution in [1.29, 1.82) is 0 Å². The fourth-order valence-electron chi connectivity index (χ4n) is 2.41. The zero-order valence-corrected chi connectivity index (χ0v) is 16.6. The van der Waals surface area contributed by atoms with E-state index in [1.165, 1.54) is 12.7 Å². The molecular weight excluding hydrogens is 376 g/mol. The fourth-order valence-corrected chi connectivity index (χ4v) is 2.65. The average Bonchev–Trinajstić information content (AvgIpc) is 2.71. The molecule has 2 N–H and O–H groups in total. The van der Waals surface area contributed by atoms with Crippen LogP contribution in [0.25, 0.3) is 0 Å². The van der Waals surface area contributed by atoms with Crippen LogP contribution in [0.4, 0.5) is 5.69 Å². The summed E-state index contributed by atoms with van der Waals surface area (Å²) in [7, 11) is 1.28. The molecule has 28 heavy (non-hydrogen) atoms. The Kier molecular flexibility index (Phi) is 8.94. The van der Waals surface area contributed by atoms with Crippen molar-refractivity contribution in [2.45, 2.75) is 25.7 Å². The van der Waals surface area contributed by atoms with Gasteiger partial charge in [-0.25, -0.2) is 0 Å². The highest BCUT2D eigenvalue weighted by Crippen LogP contribution is 2.16. The molecule has 0 aliphatic carbocycles. The average molecular weight is 401 g/mol. The fraction of sp³-hybridized carbons (Fsp3) is 0.286. The predicted octanol–water partition coefficient (Wildman–Crippen LogP) is 3.46. The molecule has 148 valence electrons. The minimum atomic E-state index is -0.437. The molecule has 2 aromatic rings. The van der Waals surface area contributed by atoms with Crippen LogP contribution in [0.15, 0.2) is 54.6 Å². The van der Waals surface area contributed by atoms with Crippen LogP contribution in [-0.2, 0) is 20.7 Å². The maximum atomic E-state index is 11.7. The number of amides is 1. The van der Waals surface area contributed by atoms with E-state index >= 15 is 0 Å². The van der Waals surface area contributed by atoms with E-state index in [0.29, 0.717) is 6.61 Å². The third-order valence-electron chi connectivity index (χ3n) is 3.87. The Bertz CT molecular complexity index is 779. The SMILES string of the molecule is COC(=O)CCC(=O)NC(=S)Nc1ccc(OCCCc2ccccc2)cc1. The number of carbonyl (C=O) groups is 2. The van der Waals surface area contributed by atoms with Gasteiger partial charge in [-0.3, -0.25) is 9.59 Å². The summed E-state index contributed by atoms with van der Waals surface area (Å²) in [5.41, 5.74) is 2.03. The van der Waals surface area contributed by atoms with Gasteiger partial charge in [0, 0.05) is 12.1 Å². The molecule has 0 unspecified atom stereocenters. The summed E-state index contributed by atoms with van der Waals surface area (Å²) in [6.45, 7) is 0.635. The van der Waals surface area contributed by atoms with Crippen LogP contribution in [-0.4, -0.2) is 30.7 Å². The molecule has 0 aliphatic heterocycles. The van der Waals surface area contributed by atoms with Gasteiger partial charge in [-0.1, -0.05) is 30.3 Å². The highest BCUT2D eigenvalue weighted by Gasteiger charge is 2.08. The highest BCUT2D eigenvalue weighted by molar-refractivity contribution is 7.80. The quantitative estimate of drug-likeness (QED) is 0.381. The van der Waals surface area contributed by atoms with Crippen molar-refractivity contribution >= 4 is 34.9 Å². The molecule has 0 saturated heterocycles. The lowest BCUT2D eigenvalue weighted by Gasteiger charge is -2.11. The number of aryl methyl sites for hydroxylation is 1. The summed E-state index contributed by atoms with van der Waals surface area (Å²) in [4.78, 5) is 22.7. The lowest BCUT2D eigenvalue weighted by molar-refractivity contribution is -0.142. The van der Waals surface area contributed by atoms with Gasteiger partial charge >= 0.3 is 5.97 Å². The Morgan fingerprint density at radius 2 is 1.71 bits per heavy atom. The van der Waals surface area contributed by atoms with E-state index in [0.717, 1.165) is 24.3 Å². The van der Waals surface area contributed by atoms with E-state index in [1.807, 2.05) is 42.5 Å². The number of esters is 1. The summed E-state index contributed by atoms with van der Waals surface area (Å²) >= 11 is 5.10. The molecule has 0 heterocycles. The van der Waals surface area contributed by atoms with Gasteiger partial charge in [0.15, 0.2) is 5.11 Å². The van der Waals surface area contributed by atoms with E-state index in [-0.39, 0.29) is 23.9 Å². The van der Waals surface area contributed by atoms with Gasteiger partial charge in [0.25, 0.3) is 0 Å². The second-order valence-electron chi connectivity index (χ2n) is 6.04. The molecular formula is C21H24N2O4S. The smallest absolute Gasteiger partial charge is 0.306 e. The number of methoxy groups -OCH3 is 1. The first kappa shape index (κ1) is 21.4. The van der Waals surface area contributed by atoms with Crippen LogP contribution < -0.4 is 15.4 Å². The second-order valence-corrected chi connectivity index (χ2v) is 6.45. The van der Waals surface area contributed by atoms with Gasteiger partial charge in [0.2, 0.25) is 5.91 Å². The Hall–Kier alpha value is -2.93. The lowest BCUT2D eigenvalue weighted by atomic mass is 10.1. The summed E-state index contributed by atoms with van der Waals surface area (Å²) in [5, 5.41) is 5.61. The minimum absolute atomic E-state index is 0.0151. The normalized spacial score (nSPS) is 10.0. The lowest BCUT2D eigenvalue weighted by Crippen LogP contribution is -2.34. The molecule has 0 bridgehead atoms. The summed E-state index contributed by atoms with van der Waals surface area (Å²) in [6.07, 6.45) is 1.95. The molecule has 0 aromatic heterocycles. The molecule has 2 aromatic carbocycles. The number of hydrogen-bond acceptors (Lipinski definition) is 5. The molecule has 6 nitrogen and oxygen atoms in total. The molecule has 0 aliphatic rings. The van der Waals surface area contributed by atoms with Crippen LogP contribution in [0, 0.1) is 0 Å². The van der Waals surface area contributed by atoms with E-state index in [4.69, 9.17) is 17.0 Å². The first-order valence-electron chi connectivity index (χ1n) is 9.01. The van der Waals surface area contributed by atoms with Crippen molar-refractivity contribution in [1.82, 2.24) is 5.32 Å². The number of anilines is 1. The van der Waals surface area contributed by atoms with Crippen LogP contribution >= 0.6 is 12.2 Å². The first-order valence-corrected chi connectivity index (χ1v) is 9.42. The molecule has 0 saturated carbocycles. The third-order valence-corrected chi connectivity index (χ3v) is 4.07. The zero-order chi connectivity index (χ0) is 20.2. The summed E-state index contributed by atoms with van der Waals surface area (Å²) in [5.74, 6) is -0.0127. The maximum absolute atomic E-state index is 11.7. The van der Waals surface area contributed by atoms with Gasteiger partial charge in [-0.05, 0) is 54.9 Å². The Labute approximate surface area is 170 Å². The van der Waals surface area contributed by atoms with E-state index in [2.05, 4.69) is 27.5 Å². The Morgan fingerprint density at radius 3 is 2.39 bits per heavy atom. The number of benzene rings is 2. The molecule has 0 fully saturated rings. The first-order chi connectivity index (χ1) is 13.6. The third kappa shape index (κ3) is 8.18. The zero-order valence-electron chi connectivity index (χ0n) is 15.8. The van der Waals surface area contributed by atoms with Crippen molar-refractivity contribution in [2.75, 3.05) is 19.0 Å². The number of rotatable bonds is 9. The summed E-state index contributed by atoms with van der Waals surface area (Å²) in [6, 6.07) is 17.6. The minimum Gasteiger partial charge on any atom is -0.494 e. The maximum Gasteiger partial charge on any atom is 0.306 e. The largest absolute Gasteiger partial charge is 0.494 e. The number of hydrogen-bond donors (Lipinski definition) is 2. The van der Waals surface area contributed by atoms with E-state index < -0.39 is 5.97 Å². The van der Waals surface area contributed by atoms with E-state index in [9.17, 15) is 9.59 Å². The number of thiocarbonyl (C=S) groups is 1. The second kappa shape index (κ2) is 11.7. The van der Waals surface area contributed by atoms with Crippen LogP contribution in [0.3, 0.4) is 0 Å². The monoisotopic (exact) mass is 400 g/mol. The van der Waals surface area contributed by atoms with Crippen LogP contribution in [0.2, 0.25) is 0 Å². The Balaban J connectivity index is 1.67. The number of ether oxygens (including phenoxy) is 2. The van der Waals surface area contributed by atoms with Crippen molar-refractivity contribution in [3.8, 4) is 5.75 Å². The van der Waals surface area contributed by atoms with Gasteiger partial charge in [-0.2, -0.15) is 0 Å². The van der Waals surface area contributed by atoms with Gasteiger partial charge in [0.05, 0.1) is 20.1 Å². The molecule has 1 amide bonds. The van der Waals surface area contributed by atoms with Crippen LogP contribution in [0.5, 0.6) is 5.75 Å². The van der Waals surface area contributed by atoms with Gasteiger partial charge in [0.1, 0.15) is 5.75 Å². The van der Waals surface area contributed by atoms with Crippen LogP contribution in [0.1, 0.15) is 24.8 Å². The van der Waals surface area contributed by atoms with Crippen molar-refractivity contribution in [2.24, 2.45) is 0 Å². The standard InChI is InChI=1S/C21H24N2O4S/c1-26-20(25)14-13-19(24)23-21(28)22-17-9-11-18(12-10-17)27-15-5-8-16-6-3-2-4-7-16/h2-4,6-7,9-12H,5,8,13-15H2,1H3,(H2,22,23,24,28). The van der Waals surface area contributed by atoms with Crippen molar-refractivity contribution < 1.29 is 19.1 Å². The summed E-state index contributed by atoms with van der Waals surface area (Å²) < 4.78 is 10.2. The van der Waals surface area contributed by atoms with Crippen molar-refractivity contribution in [3.05, 3.63) is 60.2 Å². The van der Waals surface area contributed by atoms with E-state index in [1.54, 1.807) is 0 Å². The predicted molar refractivity (Wildman–Crippen MR) is 112 cm³/mol. The highest BCUT2D eigenvalue weighted by atomic mass is 32.1. The Morgan fingerprint density at radius 1 is 1.00 bits per heavy atom. The topological polar surface area (TPSA) is 76.7 Å². The molecule has 2 rings (SSSR count). The number of nitrogens with one attached hydrogen (secondary N) is 2. The van der Waals surface area contributed by atoms with Gasteiger partial charge < -0.3 is 20.1 Å². The molecule has 7 heteroatoms. The molecule has 0 radical (unpaired) electrons. The number of carbonyl (C=O) groups excluding carboxylic acids is 2. The van der Waals surface area contributed by atoms with Gasteiger partial charge in [-0.15, -0.1) is 0 Å². The molecule has 0 spiro atoms. The molecule has 0 atom stereocenters. The van der Waals surface area contributed by atoms with Crippen molar-refractivity contribution in [3.63, 3.8) is 0 Å².